The molecule has 3 rings (SSSR count). The van der Waals surface area contributed by atoms with E-state index in [1.165, 1.54) is 15.3 Å². The summed E-state index contributed by atoms with van der Waals surface area (Å²) >= 11 is 11.8. The number of benzene rings is 1. The molecule has 0 atom stereocenters. The van der Waals surface area contributed by atoms with Gasteiger partial charge in [0.1, 0.15) is 5.02 Å². The summed E-state index contributed by atoms with van der Waals surface area (Å²) in [7, 11) is 1.69. The molecule has 2 heterocycles. The van der Waals surface area contributed by atoms with Crippen molar-refractivity contribution in [3.63, 3.8) is 0 Å². The summed E-state index contributed by atoms with van der Waals surface area (Å²) in [5.74, 6) is 0.281. The summed E-state index contributed by atoms with van der Waals surface area (Å²) in [6.07, 6.45) is 1.38. The molecule has 0 unspecified atom stereocenters. The number of aryl methyl sites for hydroxylation is 1. The van der Waals surface area contributed by atoms with Crippen LogP contribution in [-0.2, 0) is 7.05 Å². The van der Waals surface area contributed by atoms with Crippen molar-refractivity contribution in [2.24, 2.45) is 7.05 Å². The number of hydrogen-bond acceptors (Lipinski definition) is 3. The minimum Gasteiger partial charge on any atom is -0.295 e. The summed E-state index contributed by atoms with van der Waals surface area (Å²) in [5.41, 5.74) is 1.27. The lowest BCUT2D eigenvalue weighted by molar-refractivity contribution is 0.831. The first-order valence-electron chi connectivity index (χ1n) is 5.44. The minimum absolute atomic E-state index is 0.0410. The number of fused-ring (bicyclic) bond motifs is 1. The highest BCUT2D eigenvalue weighted by atomic mass is 35.5. The van der Waals surface area contributed by atoms with E-state index in [4.69, 9.17) is 23.2 Å². The van der Waals surface area contributed by atoms with Gasteiger partial charge in [-0.05, 0) is 23.7 Å². The Labute approximate surface area is 118 Å². The third kappa shape index (κ3) is 1.82. The van der Waals surface area contributed by atoms with Crippen LogP contribution in [0.15, 0.2) is 35.3 Å². The van der Waals surface area contributed by atoms with E-state index in [2.05, 4.69) is 9.97 Å². The molecule has 19 heavy (non-hydrogen) atoms. The number of para-hydroxylation sites is 2. The van der Waals surface area contributed by atoms with E-state index in [0.717, 1.165) is 5.52 Å². The van der Waals surface area contributed by atoms with Crippen LogP contribution in [0.4, 0.5) is 0 Å². The van der Waals surface area contributed by atoms with E-state index in [-0.39, 0.29) is 21.8 Å². The van der Waals surface area contributed by atoms with Gasteiger partial charge >= 0.3 is 5.69 Å². The van der Waals surface area contributed by atoms with Crippen molar-refractivity contribution in [1.82, 2.24) is 19.1 Å². The molecule has 0 saturated heterocycles. The standard InChI is InChI=1S/C12H8Cl2N4O/c1-17-8-4-2-3-5-9(8)18(12(17)19)10-7(13)6-15-11(14)16-10/h2-6H,1H3. The summed E-state index contributed by atoms with van der Waals surface area (Å²) in [6.45, 7) is 0. The molecule has 0 radical (unpaired) electrons. The molecule has 5 nitrogen and oxygen atoms in total. The lowest BCUT2D eigenvalue weighted by atomic mass is 10.3. The molecule has 0 aliphatic rings. The van der Waals surface area contributed by atoms with Gasteiger partial charge in [0.25, 0.3) is 0 Å². The summed E-state index contributed by atoms with van der Waals surface area (Å²) in [6, 6.07) is 7.38. The molecule has 96 valence electrons. The molecule has 2 aromatic heterocycles. The van der Waals surface area contributed by atoms with Gasteiger partial charge < -0.3 is 0 Å². The Hall–Kier alpha value is -1.85. The molecule has 0 fully saturated rings. The maximum absolute atomic E-state index is 12.3. The molecule has 3 aromatic rings. The zero-order chi connectivity index (χ0) is 13.6. The predicted molar refractivity (Wildman–Crippen MR) is 74.1 cm³/mol. The molecule has 1 aromatic carbocycles. The van der Waals surface area contributed by atoms with Gasteiger partial charge in [0.05, 0.1) is 17.2 Å². The highest BCUT2D eigenvalue weighted by Gasteiger charge is 2.16. The summed E-state index contributed by atoms with van der Waals surface area (Å²) in [4.78, 5) is 20.1. The van der Waals surface area contributed by atoms with E-state index < -0.39 is 0 Å². The van der Waals surface area contributed by atoms with Crippen molar-refractivity contribution < 1.29 is 0 Å². The van der Waals surface area contributed by atoms with Gasteiger partial charge in [-0.1, -0.05) is 23.7 Å². The van der Waals surface area contributed by atoms with Gasteiger partial charge in [-0.3, -0.25) is 4.57 Å². The van der Waals surface area contributed by atoms with Crippen molar-refractivity contribution in [3.05, 3.63) is 51.3 Å². The lowest BCUT2D eigenvalue weighted by Crippen LogP contribution is -2.22. The molecule has 0 spiro atoms. The Morgan fingerprint density at radius 2 is 1.84 bits per heavy atom. The van der Waals surface area contributed by atoms with Crippen LogP contribution < -0.4 is 5.69 Å². The molecule has 0 amide bonds. The fourth-order valence-electron chi connectivity index (χ4n) is 1.99. The third-order valence-electron chi connectivity index (χ3n) is 2.87. The second-order valence-electron chi connectivity index (χ2n) is 3.98. The number of nitrogens with zero attached hydrogens (tertiary/aromatic N) is 4. The van der Waals surface area contributed by atoms with Crippen molar-refractivity contribution in [1.29, 1.82) is 0 Å². The first-order valence-corrected chi connectivity index (χ1v) is 6.20. The number of hydrogen-bond donors (Lipinski definition) is 0. The number of aromatic nitrogens is 4. The highest BCUT2D eigenvalue weighted by Crippen LogP contribution is 2.22. The molecule has 0 saturated carbocycles. The van der Waals surface area contributed by atoms with Crippen molar-refractivity contribution in [2.45, 2.75) is 0 Å². The maximum atomic E-state index is 12.3. The molecule has 0 aliphatic carbocycles. The number of halogens is 2. The van der Waals surface area contributed by atoms with Crippen LogP contribution in [0.1, 0.15) is 0 Å². The Kier molecular flexibility index (Phi) is 2.80. The fraction of sp³-hybridized carbons (Fsp3) is 0.0833. The minimum atomic E-state index is -0.238. The number of imidazole rings is 1. The Bertz CT molecular complexity index is 837. The molecular formula is C12H8Cl2N4O. The quantitative estimate of drug-likeness (QED) is 0.648. The van der Waals surface area contributed by atoms with Gasteiger partial charge in [0.15, 0.2) is 5.82 Å². The van der Waals surface area contributed by atoms with Gasteiger partial charge in [-0.2, -0.15) is 4.98 Å². The first-order chi connectivity index (χ1) is 9.09. The van der Waals surface area contributed by atoms with E-state index in [0.29, 0.717) is 5.52 Å². The second-order valence-corrected chi connectivity index (χ2v) is 4.72. The normalized spacial score (nSPS) is 11.1. The van der Waals surface area contributed by atoms with Gasteiger partial charge in [0, 0.05) is 7.05 Å². The van der Waals surface area contributed by atoms with Crippen molar-refractivity contribution in [2.75, 3.05) is 0 Å². The van der Waals surface area contributed by atoms with Crippen LogP contribution in [-0.4, -0.2) is 19.1 Å². The maximum Gasteiger partial charge on any atom is 0.334 e. The summed E-state index contributed by atoms with van der Waals surface area (Å²) in [5, 5.41) is 0.307. The molecule has 0 aliphatic heterocycles. The van der Waals surface area contributed by atoms with Gasteiger partial charge in [0.2, 0.25) is 5.28 Å². The zero-order valence-corrected chi connectivity index (χ0v) is 11.4. The van der Waals surface area contributed by atoms with Crippen LogP contribution in [0.2, 0.25) is 10.3 Å². The Morgan fingerprint density at radius 3 is 2.58 bits per heavy atom. The second kappa shape index (κ2) is 4.36. The first kappa shape index (κ1) is 12.2. The fourth-order valence-corrected chi connectivity index (χ4v) is 2.30. The molecule has 0 N–H and O–H groups in total. The number of rotatable bonds is 1. The summed E-state index contributed by atoms with van der Waals surface area (Å²) < 4.78 is 2.95. The monoisotopic (exact) mass is 294 g/mol. The Balaban J connectivity index is 2.46. The van der Waals surface area contributed by atoms with E-state index in [9.17, 15) is 4.79 Å². The molecule has 7 heteroatoms. The predicted octanol–water partition coefficient (Wildman–Crippen LogP) is 2.43. The third-order valence-corrected chi connectivity index (χ3v) is 3.32. The van der Waals surface area contributed by atoms with Gasteiger partial charge in [-0.25, -0.2) is 14.3 Å². The lowest BCUT2D eigenvalue weighted by Gasteiger charge is -2.04. The smallest absolute Gasteiger partial charge is 0.295 e. The zero-order valence-electron chi connectivity index (χ0n) is 9.84. The molecule has 0 bridgehead atoms. The van der Waals surface area contributed by atoms with Crippen molar-refractivity contribution >= 4 is 34.2 Å². The van der Waals surface area contributed by atoms with E-state index >= 15 is 0 Å². The average molecular weight is 295 g/mol. The average Bonchev–Trinajstić information content (AvgIpc) is 2.66. The van der Waals surface area contributed by atoms with Crippen LogP contribution in [0.5, 0.6) is 0 Å². The Morgan fingerprint density at radius 1 is 1.16 bits per heavy atom. The van der Waals surface area contributed by atoms with Gasteiger partial charge in [-0.15, -0.1) is 0 Å². The largest absolute Gasteiger partial charge is 0.334 e. The molecular weight excluding hydrogens is 287 g/mol. The van der Waals surface area contributed by atoms with Crippen LogP contribution in [0.3, 0.4) is 0 Å². The SMILES string of the molecule is Cn1c(=O)n(-c2nc(Cl)ncc2Cl)c2ccccc21. The van der Waals surface area contributed by atoms with Crippen LogP contribution in [0, 0.1) is 0 Å². The van der Waals surface area contributed by atoms with Crippen LogP contribution >= 0.6 is 23.2 Å². The van der Waals surface area contributed by atoms with E-state index in [1.807, 2.05) is 24.3 Å². The van der Waals surface area contributed by atoms with E-state index in [1.54, 1.807) is 7.05 Å². The highest BCUT2D eigenvalue weighted by molar-refractivity contribution is 6.33. The topological polar surface area (TPSA) is 52.7 Å². The van der Waals surface area contributed by atoms with Crippen LogP contribution in [0.25, 0.3) is 16.9 Å². The van der Waals surface area contributed by atoms with Crippen molar-refractivity contribution in [3.8, 4) is 5.82 Å².